The number of benzene rings is 1. The summed E-state index contributed by atoms with van der Waals surface area (Å²) in [5, 5.41) is 0. The topological polar surface area (TPSA) is 54.9 Å². The van der Waals surface area contributed by atoms with Crippen LogP contribution in [-0.2, 0) is 6.54 Å². The Morgan fingerprint density at radius 2 is 1.86 bits per heavy atom. The van der Waals surface area contributed by atoms with E-state index >= 15 is 0 Å². The fourth-order valence-electron chi connectivity index (χ4n) is 3.99. The first kappa shape index (κ1) is 21.1. The zero-order valence-electron chi connectivity index (χ0n) is 18.1. The van der Waals surface area contributed by atoms with Crippen LogP contribution in [0.2, 0.25) is 0 Å². The average molecular weight is 398 g/mol. The molecule has 0 atom stereocenters. The number of methoxy groups -OCH3 is 2. The van der Waals surface area contributed by atoms with Gasteiger partial charge >= 0.3 is 0 Å². The van der Waals surface area contributed by atoms with Gasteiger partial charge in [-0.05, 0) is 51.1 Å². The molecule has 1 aromatic carbocycles. The van der Waals surface area contributed by atoms with Gasteiger partial charge in [0.25, 0.3) is 5.91 Å². The quantitative estimate of drug-likeness (QED) is 0.747. The van der Waals surface area contributed by atoms with Crippen molar-refractivity contribution in [2.45, 2.75) is 32.2 Å². The van der Waals surface area contributed by atoms with Gasteiger partial charge < -0.3 is 14.4 Å². The van der Waals surface area contributed by atoms with Gasteiger partial charge in [0.1, 0.15) is 0 Å². The molecule has 1 amide bonds. The Kier molecular flexibility index (Phi) is 6.75. The monoisotopic (exact) mass is 397 g/mol. The molecule has 1 fully saturated rings. The minimum absolute atomic E-state index is 0.0241. The largest absolute Gasteiger partial charge is 0.493 e. The van der Waals surface area contributed by atoms with Crippen molar-refractivity contribution in [3.05, 3.63) is 52.8 Å². The molecule has 1 aliphatic rings. The highest BCUT2D eigenvalue weighted by Crippen LogP contribution is 2.34. The van der Waals surface area contributed by atoms with Gasteiger partial charge in [-0.15, -0.1) is 0 Å². The number of rotatable bonds is 6. The summed E-state index contributed by atoms with van der Waals surface area (Å²) in [7, 11) is 6.92. The van der Waals surface area contributed by atoms with Crippen LogP contribution in [0.4, 0.5) is 0 Å². The lowest BCUT2D eigenvalue weighted by Gasteiger charge is -2.33. The molecule has 0 aliphatic carbocycles. The van der Waals surface area contributed by atoms with Crippen LogP contribution in [-0.4, -0.2) is 62.1 Å². The summed E-state index contributed by atoms with van der Waals surface area (Å²) in [6.45, 7) is 4.71. The number of amides is 1. The number of para-hydroxylation sites is 1. The summed E-state index contributed by atoms with van der Waals surface area (Å²) >= 11 is 0. The molecule has 6 heteroatoms. The molecule has 156 valence electrons. The van der Waals surface area contributed by atoms with Gasteiger partial charge in [-0.2, -0.15) is 0 Å². The first-order valence-corrected chi connectivity index (χ1v) is 10.1. The molecule has 1 saturated heterocycles. The molecule has 0 N–H and O–H groups in total. The minimum atomic E-state index is 0.0241. The Balaban J connectivity index is 1.72. The number of aryl methyl sites for hydroxylation is 1. The van der Waals surface area contributed by atoms with E-state index in [0.29, 0.717) is 5.92 Å². The fourth-order valence-corrected chi connectivity index (χ4v) is 3.99. The van der Waals surface area contributed by atoms with Gasteiger partial charge in [0.15, 0.2) is 11.5 Å². The van der Waals surface area contributed by atoms with Gasteiger partial charge in [0.2, 0.25) is 0 Å². The van der Waals surface area contributed by atoms with Crippen LogP contribution >= 0.6 is 0 Å². The van der Waals surface area contributed by atoms with Gasteiger partial charge in [0, 0.05) is 37.8 Å². The summed E-state index contributed by atoms with van der Waals surface area (Å²) in [5.74, 6) is 1.89. The van der Waals surface area contributed by atoms with Crippen LogP contribution in [0.15, 0.2) is 30.3 Å². The summed E-state index contributed by atoms with van der Waals surface area (Å²) in [4.78, 5) is 21.4. The van der Waals surface area contributed by atoms with Crippen LogP contribution in [0.1, 0.15) is 46.1 Å². The number of carbonyl (C=O) groups is 1. The van der Waals surface area contributed by atoms with Crippen molar-refractivity contribution >= 4 is 5.91 Å². The third kappa shape index (κ3) is 4.70. The van der Waals surface area contributed by atoms with E-state index in [1.54, 1.807) is 33.2 Å². The molecule has 0 spiro atoms. The zero-order chi connectivity index (χ0) is 21.0. The Morgan fingerprint density at radius 3 is 2.48 bits per heavy atom. The molecule has 2 aromatic rings. The number of nitrogens with zero attached hydrogens (tertiary/aromatic N) is 3. The minimum Gasteiger partial charge on any atom is -0.493 e. The summed E-state index contributed by atoms with van der Waals surface area (Å²) in [6, 6.07) is 9.85. The third-order valence-electron chi connectivity index (χ3n) is 5.55. The molecule has 1 aliphatic heterocycles. The van der Waals surface area contributed by atoms with Crippen molar-refractivity contribution in [1.29, 1.82) is 0 Å². The standard InChI is InChI=1S/C23H31N3O3/c1-16-9-10-19(23(27)25(2)3)21(24-16)17-11-13-26(14-12-17)15-18-7-6-8-20(28-4)22(18)29-5/h6-10,17H,11-15H2,1-5H3. The second-order valence-electron chi connectivity index (χ2n) is 7.79. The van der Waals surface area contributed by atoms with Crippen LogP contribution < -0.4 is 9.47 Å². The number of aromatic nitrogens is 1. The van der Waals surface area contributed by atoms with Crippen molar-refractivity contribution in [2.75, 3.05) is 41.4 Å². The number of hydrogen-bond donors (Lipinski definition) is 0. The second kappa shape index (κ2) is 9.27. The highest BCUT2D eigenvalue weighted by atomic mass is 16.5. The molecule has 6 nitrogen and oxygen atoms in total. The summed E-state index contributed by atoms with van der Waals surface area (Å²) in [6.07, 6.45) is 1.97. The Labute approximate surface area is 173 Å². The Morgan fingerprint density at radius 1 is 1.14 bits per heavy atom. The van der Waals surface area contributed by atoms with Crippen molar-refractivity contribution in [2.24, 2.45) is 0 Å². The van der Waals surface area contributed by atoms with E-state index in [1.807, 2.05) is 31.2 Å². The second-order valence-corrected chi connectivity index (χ2v) is 7.79. The number of pyridine rings is 1. The molecule has 1 aromatic heterocycles. The van der Waals surface area contributed by atoms with E-state index in [0.717, 1.165) is 66.5 Å². The Hall–Kier alpha value is -2.60. The van der Waals surface area contributed by atoms with Crippen LogP contribution in [0, 0.1) is 6.92 Å². The molecular formula is C23H31N3O3. The average Bonchev–Trinajstić information content (AvgIpc) is 2.73. The van der Waals surface area contributed by atoms with Gasteiger partial charge in [-0.3, -0.25) is 14.7 Å². The molecule has 0 radical (unpaired) electrons. The summed E-state index contributed by atoms with van der Waals surface area (Å²) < 4.78 is 11.0. The normalized spacial score (nSPS) is 15.2. The zero-order valence-corrected chi connectivity index (χ0v) is 18.1. The number of likely N-dealkylation sites (tertiary alicyclic amines) is 1. The molecule has 0 bridgehead atoms. The lowest BCUT2D eigenvalue weighted by molar-refractivity contribution is 0.0824. The van der Waals surface area contributed by atoms with E-state index < -0.39 is 0 Å². The number of carbonyl (C=O) groups excluding carboxylic acids is 1. The van der Waals surface area contributed by atoms with E-state index in [1.165, 1.54) is 0 Å². The summed E-state index contributed by atoms with van der Waals surface area (Å²) in [5.41, 5.74) is 3.76. The maximum absolute atomic E-state index is 12.6. The van der Waals surface area contributed by atoms with Crippen LogP contribution in [0.25, 0.3) is 0 Å². The van der Waals surface area contributed by atoms with Crippen LogP contribution in [0.5, 0.6) is 11.5 Å². The molecular weight excluding hydrogens is 366 g/mol. The molecule has 0 unspecified atom stereocenters. The van der Waals surface area contributed by atoms with Gasteiger partial charge in [-0.25, -0.2) is 0 Å². The smallest absolute Gasteiger partial charge is 0.255 e. The molecule has 29 heavy (non-hydrogen) atoms. The highest BCUT2D eigenvalue weighted by molar-refractivity contribution is 5.95. The van der Waals surface area contributed by atoms with Crippen molar-refractivity contribution in [3.8, 4) is 11.5 Å². The SMILES string of the molecule is COc1cccc(CN2CCC(c3nc(C)ccc3C(=O)N(C)C)CC2)c1OC. The number of piperidine rings is 1. The van der Waals surface area contributed by atoms with Crippen molar-refractivity contribution in [3.63, 3.8) is 0 Å². The fraction of sp³-hybridized carbons (Fsp3) is 0.478. The lowest BCUT2D eigenvalue weighted by atomic mass is 9.89. The van der Waals surface area contributed by atoms with Gasteiger partial charge in [-0.1, -0.05) is 12.1 Å². The maximum atomic E-state index is 12.6. The van der Waals surface area contributed by atoms with E-state index in [2.05, 4.69) is 11.0 Å². The van der Waals surface area contributed by atoms with Crippen LogP contribution in [0.3, 0.4) is 0 Å². The molecule has 0 saturated carbocycles. The van der Waals surface area contributed by atoms with Gasteiger partial charge in [0.05, 0.1) is 25.5 Å². The maximum Gasteiger partial charge on any atom is 0.255 e. The van der Waals surface area contributed by atoms with E-state index in [4.69, 9.17) is 14.5 Å². The predicted molar refractivity (Wildman–Crippen MR) is 114 cm³/mol. The number of ether oxygens (including phenoxy) is 2. The predicted octanol–water partition coefficient (Wildman–Crippen LogP) is 3.49. The third-order valence-corrected chi connectivity index (χ3v) is 5.55. The first-order chi connectivity index (χ1) is 13.9. The molecule has 3 rings (SSSR count). The molecule has 2 heterocycles. The van der Waals surface area contributed by atoms with Crippen molar-refractivity contribution < 1.29 is 14.3 Å². The highest BCUT2D eigenvalue weighted by Gasteiger charge is 2.27. The van der Waals surface area contributed by atoms with E-state index in [-0.39, 0.29) is 5.91 Å². The first-order valence-electron chi connectivity index (χ1n) is 10.1. The Bertz CT molecular complexity index is 858. The van der Waals surface area contributed by atoms with Crippen molar-refractivity contribution in [1.82, 2.24) is 14.8 Å². The lowest BCUT2D eigenvalue weighted by Crippen LogP contribution is -2.34. The number of hydrogen-bond acceptors (Lipinski definition) is 5. The van der Waals surface area contributed by atoms with E-state index in [9.17, 15) is 4.79 Å².